The third-order valence-electron chi connectivity index (χ3n) is 3.16. The highest BCUT2D eigenvalue weighted by molar-refractivity contribution is 5.81. The molecule has 2 rings (SSSR count). The molecule has 120 valence electrons. The van der Waals surface area contributed by atoms with Gasteiger partial charge in [-0.05, 0) is 35.2 Å². The summed E-state index contributed by atoms with van der Waals surface area (Å²) in [5, 5.41) is 3.83. The van der Waals surface area contributed by atoms with E-state index in [1.807, 2.05) is 36.4 Å². The zero-order valence-electron chi connectivity index (χ0n) is 13.6. The van der Waals surface area contributed by atoms with Crippen molar-refractivity contribution in [3.8, 4) is 5.75 Å². The zero-order valence-corrected chi connectivity index (χ0v) is 13.6. The summed E-state index contributed by atoms with van der Waals surface area (Å²) in [7, 11) is 0. The van der Waals surface area contributed by atoms with Crippen LogP contribution in [0.3, 0.4) is 0 Å². The van der Waals surface area contributed by atoms with Crippen molar-refractivity contribution < 1.29 is 9.53 Å². The first-order valence-electron chi connectivity index (χ1n) is 7.41. The molecule has 0 aliphatic heterocycles. The van der Waals surface area contributed by atoms with Crippen molar-refractivity contribution >= 4 is 12.1 Å². The van der Waals surface area contributed by atoms with Crippen LogP contribution in [0.1, 0.15) is 32.0 Å². The van der Waals surface area contributed by atoms with Crippen LogP contribution in [-0.2, 0) is 10.2 Å². The smallest absolute Gasteiger partial charge is 0.277 e. The maximum Gasteiger partial charge on any atom is 0.277 e. The van der Waals surface area contributed by atoms with Crippen molar-refractivity contribution in [1.82, 2.24) is 10.4 Å². The summed E-state index contributed by atoms with van der Waals surface area (Å²) in [6.07, 6.45) is 3.14. The van der Waals surface area contributed by atoms with Crippen molar-refractivity contribution in [2.24, 2.45) is 5.10 Å². The number of pyridine rings is 1. The number of amides is 1. The molecule has 0 unspecified atom stereocenters. The molecule has 23 heavy (non-hydrogen) atoms. The number of hydrogen-bond acceptors (Lipinski definition) is 4. The molecule has 0 radical (unpaired) electrons. The highest BCUT2D eigenvalue weighted by atomic mass is 16.5. The SMILES string of the molecule is CC(C)(C)c1ccc(OCC(=O)N/N=C\c2ccccn2)cc1. The third-order valence-corrected chi connectivity index (χ3v) is 3.16. The first-order valence-corrected chi connectivity index (χ1v) is 7.41. The molecule has 5 heteroatoms. The van der Waals surface area contributed by atoms with Crippen LogP contribution in [0.5, 0.6) is 5.75 Å². The molecule has 1 amide bonds. The number of hydrogen-bond donors (Lipinski definition) is 1. The first-order chi connectivity index (χ1) is 10.9. The van der Waals surface area contributed by atoms with Crippen LogP contribution in [0.15, 0.2) is 53.8 Å². The Balaban J connectivity index is 1.79. The quantitative estimate of drug-likeness (QED) is 0.682. The Morgan fingerprint density at radius 3 is 2.57 bits per heavy atom. The number of hydrazone groups is 1. The number of aromatic nitrogens is 1. The summed E-state index contributed by atoms with van der Waals surface area (Å²) in [5.74, 6) is 0.332. The van der Waals surface area contributed by atoms with Crippen molar-refractivity contribution in [2.45, 2.75) is 26.2 Å². The lowest BCUT2D eigenvalue weighted by atomic mass is 9.87. The van der Waals surface area contributed by atoms with Crippen molar-refractivity contribution in [3.63, 3.8) is 0 Å². The molecular weight excluding hydrogens is 290 g/mol. The molecule has 0 aliphatic carbocycles. The van der Waals surface area contributed by atoms with E-state index in [1.54, 1.807) is 12.3 Å². The van der Waals surface area contributed by atoms with Crippen LogP contribution in [0.2, 0.25) is 0 Å². The molecule has 0 bridgehead atoms. The van der Waals surface area contributed by atoms with E-state index in [1.165, 1.54) is 11.8 Å². The minimum atomic E-state index is -0.322. The van der Waals surface area contributed by atoms with Gasteiger partial charge in [-0.2, -0.15) is 5.10 Å². The van der Waals surface area contributed by atoms with Crippen molar-refractivity contribution in [2.75, 3.05) is 6.61 Å². The second kappa shape index (κ2) is 7.54. The fraction of sp³-hybridized carbons (Fsp3) is 0.278. The molecule has 0 aliphatic rings. The fourth-order valence-electron chi connectivity index (χ4n) is 1.86. The number of carbonyl (C=O) groups excluding carboxylic acids is 1. The highest BCUT2D eigenvalue weighted by Gasteiger charge is 2.13. The van der Waals surface area contributed by atoms with Gasteiger partial charge in [0.15, 0.2) is 6.61 Å². The zero-order chi connectivity index (χ0) is 16.7. The monoisotopic (exact) mass is 311 g/mol. The molecule has 0 saturated heterocycles. The Kier molecular flexibility index (Phi) is 5.46. The van der Waals surface area contributed by atoms with E-state index >= 15 is 0 Å². The largest absolute Gasteiger partial charge is 0.484 e. The Bertz CT molecular complexity index is 659. The van der Waals surface area contributed by atoms with Crippen molar-refractivity contribution in [1.29, 1.82) is 0 Å². The Morgan fingerprint density at radius 1 is 1.22 bits per heavy atom. The van der Waals surface area contributed by atoms with Gasteiger partial charge in [-0.1, -0.05) is 39.0 Å². The predicted molar refractivity (Wildman–Crippen MR) is 90.6 cm³/mol. The highest BCUT2D eigenvalue weighted by Crippen LogP contribution is 2.24. The average molecular weight is 311 g/mol. The maximum absolute atomic E-state index is 11.7. The van der Waals surface area contributed by atoms with E-state index in [0.717, 1.165) is 0 Å². The summed E-state index contributed by atoms with van der Waals surface area (Å²) < 4.78 is 5.44. The Morgan fingerprint density at radius 2 is 1.96 bits per heavy atom. The van der Waals surface area contributed by atoms with Crippen LogP contribution in [0.4, 0.5) is 0 Å². The molecule has 1 aromatic heterocycles. The lowest BCUT2D eigenvalue weighted by molar-refractivity contribution is -0.123. The first kappa shape index (κ1) is 16.7. The summed E-state index contributed by atoms with van der Waals surface area (Å²) in [4.78, 5) is 15.7. The second-order valence-corrected chi connectivity index (χ2v) is 6.11. The van der Waals surface area contributed by atoms with Gasteiger partial charge in [-0.15, -0.1) is 0 Å². The van der Waals surface area contributed by atoms with Crippen molar-refractivity contribution in [3.05, 3.63) is 59.9 Å². The van der Waals surface area contributed by atoms with Crippen LogP contribution in [0, 0.1) is 0 Å². The van der Waals surface area contributed by atoms with E-state index < -0.39 is 0 Å². The molecular formula is C18H21N3O2. The molecule has 0 saturated carbocycles. The van der Waals surface area contributed by atoms with Gasteiger partial charge in [-0.25, -0.2) is 5.43 Å². The standard InChI is InChI=1S/C18H21N3O2/c1-18(2,3)14-7-9-16(10-8-14)23-13-17(22)21-20-12-15-6-4-5-11-19-15/h4-12H,13H2,1-3H3,(H,21,22)/b20-12-. The summed E-state index contributed by atoms with van der Waals surface area (Å²) in [6, 6.07) is 13.2. The van der Waals surface area contributed by atoms with Gasteiger partial charge in [0.2, 0.25) is 0 Å². The van der Waals surface area contributed by atoms with Gasteiger partial charge >= 0.3 is 0 Å². The lowest BCUT2D eigenvalue weighted by Gasteiger charge is -2.19. The molecule has 0 fully saturated rings. The second-order valence-electron chi connectivity index (χ2n) is 6.11. The minimum absolute atomic E-state index is 0.0889. The van der Waals surface area contributed by atoms with Gasteiger partial charge in [0.25, 0.3) is 5.91 Å². The van der Waals surface area contributed by atoms with Gasteiger partial charge < -0.3 is 4.74 Å². The maximum atomic E-state index is 11.7. The number of benzene rings is 1. The number of nitrogens with one attached hydrogen (secondary N) is 1. The average Bonchev–Trinajstić information content (AvgIpc) is 2.53. The van der Waals surface area contributed by atoms with Crippen LogP contribution < -0.4 is 10.2 Å². The number of carbonyl (C=O) groups is 1. The Hall–Kier alpha value is -2.69. The molecule has 5 nitrogen and oxygen atoms in total. The topological polar surface area (TPSA) is 63.6 Å². The van der Waals surface area contributed by atoms with Crippen LogP contribution in [0.25, 0.3) is 0 Å². The van der Waals surface area contributed by atoms with Gasteiger partial charge in [0, 0.05) is 6.20 Å². The molecule has 1 N–H and O–H groups in total. The van der Waals surface area contributed by atoms with Gasteiger partial charge in [0.1, 0.15) is 5.75 Å². The third kappa shape index (κ3) is 5.54. The minimum Gasteiger partial charge on any atom is -0.484 e. The normalized spacial score (nSPS) is 11.4. The number of rotatable bonds is 5. The Labute approximate surface area is 136 Å². The van der Waals surface area contributed by atoms with E-state index in [9.17, 15) is 4.79 Å². The molecule has 1 heterocycles. The predicted octanol–water partition coefficient (Wildman–Crippen LogP) is 2.91. The summed E-state index contributed by atoms with van der Waals surface area (Å²) >= 11 is 0. The molecule has 1 aromatic carbocycles. The fourth-order valence-corrected chi connectivity index (χ4v) is 1.86. The summed E-state index contributed by atoms with van der Waals surface area (Å²) in [6.45, 7) is 6.36. The van der Waals surface area contributed by atoms with E-state index in [-0.39, 0.29) is 17.9 Å². The van der Waals surface area contributed by atoms with Gasteiger partial charge in [0.05, 0.1) is 11.9 Å². The van der Waals surface area contributed by atoms with E-state index in [4.69, 9.17) is 4.74 Å². The molecule has 0 atom stereocenters. The van der Waals surface area contributed by atoms with Crippen LogP contribution >= 0.6 is 0 Å². The number of nitrogens with zero attached hydrogens (tertiary/aromatic N) is 2. The van der Waals surface area contributed by atoms with E-state index in [0.29, 0.717) is 11.4 Å². The van der Waals surface area contributed by atoms with Gasteiger partial charge in [-0.3, -0.25) is 9.78 Å². The summed E-state index contributed by atoms with van der Waals surface area (Å²) in [5.41, 5.74) is 4.39. The molecule has 2 aromatic rings. The van der Waals surface area contributed by atoms with E-state index in [2.05, 4.69) is 36.3 Å². The lowest BCUT2D eigenvalue weighted by Crippen LogP contribution is -2.24. The molecule has 0 spiro atoms. The van der Waals surface area contributed by atoms with Crippen LogP contribution in [-0.4, -0.2) is 23.7 Å². The number of ether oxygens (including phenoxy) is 1.